The molecule has 0 spiro atoms. The second kappa shape index (κ2) is 5.95. The lowest BCUT2D eigenvalue weighted by molar-refractivity contribution is 0.499. The van der Waals surface area contributed by atoms with Crippen LogP contribution in [0.4, 0.5) is 5.69 Å². The van der Waals surface area contributed by atoms with Crippen molar-refractivity contribution in [1.29, 1.82) is 0 Å². The fourth-order valence-corrected chi connectivity index (χ4v) is 3.85. The molecule has 1 aliphatic heterocycles. The van der Waals surface area contributed by atoms with E-state index in [0.717, 1.165) is 24.3 Å². The summed E-state index contributed by atoms with van der Waals surface area (Å²) in [4.78, 5) is 1.12. The van der Waals surface area contributed by atoms with Crippen molar-refractivity contribution in [2.24, 2.45) is 0 Å². The lowest BCUT2D eigenvalue weighted by Gasteiger charge is -2.23. The van der Waals surface area contributed by atoms with Crippen molar-refractivity contribution in [3.05, 3.63) is 24.3 Å². The minimum atomic E-state index is -3.28. The molecule has 1 fully saturated rings. The third-order valence-corrected chi connectivity index (χ3v) is 5.58. The molecular weight excluding hydrogens is 268 g/mol. The maximum Gasteiger partial charge on any atom is 0.236 e. The monoisotopic (exact) mass is 286 g/mol. The highest BCUT2D eigenvalue weighted by Crippen LogP contribution is 2.20. The van der Waals surface area contributed by atoms with Crippen molar-refractivity contribution in [1.82, 2.24) is 5.32 Å². The van der Waals surface area contributed by atoms with E-state index in [0.29, 0.717) is 12.2 Å². The normalized spacial score (nSPS) is 20.6. The van der Waals surface area contributed by atoms with Crippen LogP contribution in [0.5, 0.6) is 0 Å². The van der Waals surface area contributed by atoms with Crippen molar-refractivity contribution < 1.29 is 8.42 Å². The van der Waals surface area contributed by atoms with Crippen molar-refractivity contribution >= 4 is 27.5 Å². The standard InChI is InChI=1S/C12H18N2O2S2/c1-17-11-6-4-10(5-7-11)14-18(15,16)12-3-2-8-13-9-12/h4-7,12-14H,2-3,8-9H2,1H3. The first-order valence-corrected chi connectivity index (χ1v) is 8.75. The molecule has 1 aromatic carbocycles. The SMILES string of the molecule is CSc1ccc(NS(=O)(=O)C2CCCNC2)cc1. The van der Waals surface area contributed by atoms with Gasteiger partial charge in [-0.05, 0) is 49.9 Å². The van der Waals surface area contributed by atoms with Crippen LogP contribution in [0.3, 0.4) is 0 Å². The molecule has 0 amide bonds. The Morgan fingerprint density at radius 1 is 1.33 bits per heavy atom. The van der Waals surface area contributed by atoms with Gasteiger partial charge in [-0.1, -0.05) is 0 Å². The smallest absolute Gasteiger partial charge is 0.236 e. The summed E-state index contributed by atoms with van der Waals surface area (Å²) in [5.74, 6) is 0. The Hall–Kier alpha value is -0.720. The van der Waals surface area contributed by atoms with Crippen LogP contribution in [0.2, 0.25) is 0 Å². The molecule has 0 aliphatic carbocycles. The number of sulfonamides is 1. The van der Waals surface area contributed by atoms with Crippen LogP contribution in [0.25, 0.3) is 0 Å². The van der Waals surface area contributed by atoms with Gasteiger partial charge in [-0.25, -0.2) is 8.42 Å². The number of hydrogen-bond acceptors (Lipinski definition) is 4. The summed E-state index contributed by atoms with van der Waals surface area (Å²) in [6.45, 7) is 1.45. The molecule has 0 aromatic heterocycles. The minimum Gasteiger partial charge on any atom is -0.315 e. The van der Waals surface area contributed by atoms with E-state index in [2.05, 4.69) is 10.0 Å². The van der Waals surface area contributed by atoms with Gasteiger partial charge in [0.25, 0.3) is 0 Å². The molecule has 0 saturated carbocycles. The summed E-state index contributed by atoms with van der Waals surface area (Å²) in [6, 6.07) is 7.45. The first-order chi connectivity index (χ1) is 8.62. The summed E-state index contributed by atoms with van der Waals surface area (Å²) in [6.07, 6.45) is 3.63. The van der Waals surface area contributed by atoms with Crippen LogP contribution in [-0.4, -0.2) is 33.0 Å². The Bertz CT molecular complexity index is 479. The second-order valence-electron chi connectivity index (χ2n) is 4.34. The molecule has 1 heterocycles. The molecule has 1 atom stereocenters. The Morgan fingerprint density at radius 2 is 2.06 bits per heavy atom. The van der Waals surface area contributed by atoms with E-state index in [-0.39, 0.29) is 5.25 Å². The van der Waals surface area contributed by atoms with Gasteiger partial charge in [0, 0.05) is 17.1 Å². The first kappa shape index (κ1) is 13.7. The molecule has 4 nitrogen and oxygen atoms in total. The third kappa shape index (κ3) is 3.40. The number of thioether (sulfide) groups is 1. The van der Waals surface area contributed by atoms with Gasteiger partial charge in [-0.15, -0.1) is 11.8 Å². The number of hydrogen-bond donors (Lipinski definition) is 2. The number of piperidine rings is 1. The molecule has 2 N–H and O–H groups in total. The summed E-state index contributed by atoms with van der Waals surface area (Å²) in [7, 11) is -3.28. The van der Waals surface area contributed by atoms with E-state index in [1.165, 1.54) is 0 Å². The highest BCUT2D eigenvalue weighted by molar-refractivity contribution is 7.98. The molecule has 6 heteroatoms. The van der Waals surface area contributed by atoms with Crippen molar-refractivity contribution in [2.75, 3.05) is 24.1 Å². The van der Waals surface area contributed by atoms with E-state index in [1.54, 1.807) is 23.9 Å². The Balaban J connectivity index is 2.06. The molecule has 1 saturated heterocycles. The van der Waals surface area contributed by atoms with Crippen LogP contribution in [-0.2, 0) is 10.0 Å². The molecule has 0 radical (unpaired) electrons. The highest BCUT2D eigenvalue weighted by Gasteiger charge is 2.26. The molecule has 1 unspecified atom stereocenters. The molecule has 1 aliphatic rings. The van der Waals surface area contributed by atoms with E-state index in [9.17, 15) is 8.42 Å². The fraction of sp³-hybridized carbons (Fsp3) is 0.500. The maximum atomic E-state index is 12.2. The van der Waals surface area contributed by atoms with Gasteiger partial charge >= 0.3 is 0 Å². The lowest BCUT2D eigenvalue weighted by atomic mass is 10.2. The Kier molecular flexibility index (Phi) is 4.53. The van der Waals surface area contributed by atoms with Gasteiger partial charge in [0.05, 0.1) is 5.25 Å². The van der Waals surface area contributed by atoms with Gasteiger partial charge in [0.15, 0.2) is 0 Å². The van der Waals surface area contributed by atoms with Crippen LogP contribution in [0.15, 0.2) is 29.2 Å². The quantitative estimate of drug-likeness (QED) is 0.830. The second-order valence-corrected chi connectivity index (χ2v) is 7.18. The molecular formula is C12H18N2O2S2. The van der Waals surface area contributed by atoms with Crippen LogP contribution < -0.4 is 10.0 Å². The maximum absolute atomic E-state index is 12.2. The molecule has 1 aromatic rings. The number of anilines is 1. The van der Waals surface area contributed by atoms with Gasteiger partial charge in [0.2, 0.25) is 10.0 Å². The molecule has 2 rings (SSSR count). The fourth-order valence-electron chi connectivity index (χ4n) is 1.99. The number of nitrogens with one attached hydrogen (secondary N) is 2. The third-order valence-electron chi connectivity index (χ3n) is 3.04. The van der Waals surface area contributed by atoms with Gasteiger partial charge in [-0.2, -0.15) is 0 Å². The summed E-state index contributed by atoms with van der Waals surface area (Å²) in [5.41, 5.74) is 0.637. The molecule has 0 bridgehead atoms. The van der Waals surface area contributed by atoms with E-state index in [1.807, 2.05) is 18.4 Å². The summed E-state index contributed by atoms with van der Waals surface area (Å²) < 4.78 is 27.0. The zero-order valence-electron chi connectivity index (χ0n) is 10.3. The van der Waals surface area contributed by atoms with E-state index >= 15 is 0 Å². The Morgan fingerprint density at radius 3 is 2.61 bits per heavy atom. The van der Waals surface area contributed by atoms with Gasteiger partial charge < -0.3 is 5.32 Å². The highest BCUT2D eigenvalue weighted by atomic mass is 32.2. The van der Waals surface area contributed by atoms with Crippen LogP contribution in [0, 0.1) is 0 Å². The van der Waals surface area contributed by atoms with Crippen molar-refractivity contribution in [2.45, 2.75) is 23.0 Å². The van der Waals surface area contributed by atoms with E-state index < -0.39 is 10.0 Å². The van der Waals surface area contributed by atoms with Crippen molar-refractivity contribution in [3.8, 4) is 0 Å². The van der Waals surface area contributed by atoms with Gasteiger partial charge in [-0.3, -0.25) is 4.72 Å². The van der Waals surface area contributed by atoms with Crippen LogP contribution >= 0.6 is 11.8 Å². The summed E-state index contributed by atoms with van der Waals surface area (Å²) >= 11 is 1.64. The molecule has 100 valence electrons. The molecule has 18 heavy (non-hydrogen) atoms. The van der Waals surface area contributed by atoms with Gasteiger partial charge in [0.1, 0.15) is 0 Å². The predicted molar refractivity (Wildman–Crippen MR) is 76.7 cm³/mol. The summed E-state index contributed by atoms with van der Waals surface area (Å²) in [5, 5.41) is 2.80. The van der Waals surface area contributed by atoms with Crippen LogP contribution in [0.1, 0.15) is 12.8 Å². The average Bonchev–Trinajstić information content (AvgIpc) is 2.40. The zero-order valence-corrected chi connectivity index (χ0v) is 12.0. The zero-order chi connectivity index (χ0) is 13.0. The van der Waals surface area contributed by atoms with E-state index in [4.69, 9.17) is 0 Å². The first-order valence-electron chi connectivity index (χ1n) is 5.98. The number of benzene rings is 1. The average molecular weight is 286 g/mol. The number of rotatable bonds is 4. The Labute approximate surface area is 113 Å². The predicted octanol–water partition coefficient (Wildman–Crippen LogP) is 1.90. The largest absolute Gasteiger partial charge is 0.315 e. The van der Waals surface area contributed by atoms with Crippen molar-refractivity contribution in [3.63, 3.8) is 0 Å². The topological polar surface area (TPSA) is 58.2 Å². The lowest BCUT2D eigenvalue weighted by Crippen LogP contribution is -2.41. The minimum absolute atomic E-state index is 0.327.